The fourth-order valence-corrected chi connectivity index (χ4v) is 3.88. The van der Waals surface area contributed by atoms with Crippen LogP contribution in [0.1, 0.15) is 25.5 Å². The normalized spacial score (nSPS) is 23.2. The summed E-state index contributed by atoms with van der Waals surface area (Å²) in [5, 5.41) is 8.90. The highest BCUT2D eigenvalue weighted by Gasteiger charge is 2.43. The molecule has 0 bridgehead atoms. The number of methoxy groups -OCH3 is 1. The monoisotopic (exact) mass is 364 g/mol. The number of hydrogen-bond acceptors (Lipinski definition) is 7. The van der Waals surface area contributed by atoms with Crippen LogP contribution in [-0.2, 0) is 16.0 Å². The molecule has 2 unspecified atom stereocenters. The molecule has 0 saturated carbocycles. The molecule has 0 aliphatic carbocycles. The lowest BCUT2D eigenvalue weighted by molar-refractivity contribution is -0.155. The maximum atomic E-state index is 14.4. The Bertz CT molecular complexity index is 740. The van der Waals surface area contributed by atoms with Gasteiger partial charge in [0.25, 0.3) is 0 Å². The van der Waals surface area contributed by atoms with Crippen LogP contribution in [0.25, 0.3) is 0 Å². The molecular formula is C17H21FN4O2S. The SMILES string of the molecule is COC(=O)C1(Cc2nc(Nc3nccs3)ccc2F)CCNC(C)C1. The highest BCUT2D eigenvalue weighted by Crippen LogP contribution is 2.37. The zero-order chi connectivity index (χ0) is 17.9. The lowest BCUT2D eigenvalue weighted by Gasteiger charge is -2.38. The summed E-state index contributed by atoms with van der Waals surface area (Å²) >= 11 is 1.43. The van der Waals surface area contributed by atoms with E-state index in [4.69, 9.17) is 4.74 Å². The van der Waals surface area contributed by atoms with Crippen molar-refractivity contribution in [2.45, 2.75) is 32.2 Å². The van der Waals surface area contributed by atoms with Crippen LogP contribution in [-0.4, -0.2) is 35.6 Å². The molecule has 2 aromatic rings. The summed E-state index contributed by atoms with van der Waals surface area (Å²) in [7, 11) is 1.38. The van der Waals surface area contributed by atoms with Gasteiger partial charge in [-0.25, -0.2) is 14.4 Å². The molecule has 25 heavy (non-hydrogen) atoms. The number of carbonyl (C=O) groups excluding carboxylic acids is 1. The van der Waals surface area contributed by atoms with Crippen molar-refractivity contribution < 1.29 is 13.9 Å². The molecule has 134 valence electrons. The van der Waals surface area contributed by atoms with Crippen molar-refractivity contribution in [3.63, 3.8) is 0 Å². The van der Waals surface area contributed by atoms with Gasteiger partial charge in [0, 0.05) is 24.0 Å². The molecule has 1 saturated heterocycles. The number of anilines is 2. The summed E-state index contributed by atoms with van der Waals surface area (Å²) in [6.07, 6.45) is 3.07. The van der Waals surface area contributed by atoms with Crippen molar-refractivity contribution >= 4 is 28.3 Å². The Morgan fingerprint density at radius 3 is 3.08 bits per heavy atom. The first kappa shape index (κ1) is 17.8. The molecule has 1 aliphatic heterocycles. The van der Waals surface area contributed by atoms with E-state index in [-0.39, 0.29) is 24.1 Å². The summed E-state index contributed by atoms with van der Waals surface area (Å²) < 4.78 is 19.4. The van der Waals surface area contributed by atoms with Crippen LogP contribution in [0.5, 0.6) is 0 Å². The maximum Gasteiger partial charge on any atom is 0.312 e. The number of halogens is 1. The largest absolute Gasteiger partial charge is 0.469 e. The van der Waals surface area contributed by atoms with Gasteiger partial charge in [0.2, 0.25) is 0 Å². The lowest BCUT2D eigenvalue weighted by Crippen LogP contribution is -2.48. The smallest absolute Gasteiger partial charge is 0.312 e. The molecule has 0 spiro atoms. The number of aromatic nitrogens is 2. The van der Waals surface area contributed by atoms with Crippen LogP contribution in [0.4, 0.5) is 15.3 Å². The molecule has 0 aromatic carbocycles. The van der Waals surface area contributed by atoms with Gasteiger partial charge in [0.05, 0.1) is 18.2 Å². The fraction of sp³-hybridized carbons (Fsp3) is 0.471. The van der Waals surface area contributed by atoms with E-state index in [2.05, 4.69) is 20.6 Å². The van der Waals surface area contributed by atoms with Crippen molar-refractivity contribution in [2.24, 2.45) is 5.41 Å². The number of nitrogens with one attached hydrogen (secondary N) is 2. The van der Waals surface area contributed by atoms with Crippen LogP contribution in [0.2, 0.25) is 0 Å². The summed E-state index contributed by atoms with van der Waals surface area (Å²) in [6.45, 7) is 2.70. The zero-order valence-electron chi connectivity index (χ0n) is 14.2. The van der Waals surface area contributed by atoms with Crippen molar-refractivity contribution in [1.29, 1.82) is 0 Å². The lowest BCUT2D eigenvalue weighted by atomic mass is 9.73. The third kappa shape index (κ3) is 3.96. The van der Waals surface area contributed by atoms with Gasteiger partial charge in [-0.3, -0.25) is 4.79 Å². The molecule has 2 N–H and O–H groups in total. The Morgan fingerprint density at radius 1 is 1.56 bits per heavy atom. The number of ether oxygens (including phenoxy) is 1. The minimum Gasteiger partial charge on any atom is -0.469 e. The highest BCUT2D eigenvalue weighted by atomic mass is 32.1. The Labute approximate surface area is 149 Å². The van der Waals surface area contributed by atoms with Gasteiger partial charge in [-0.15, -0.1) is 11.3 Å². The van der Waals surface area contributed by atoms with Crippen LogP contribution < -0.4 is 10.6 Å². The average molecular weight is 364 g/mol. The van der Waals surface area contributed by atoms with Crippen LogP contribution in [0.15, 0.2) is 23.7 Å². The molecule has 0 amide bonds. The molecule has 3 heterocycles. The second-order valence-electron chi connectivity index (χ2n) is 6.35. The summed E-state index contributed by atoms with van der Waals surface area (Å²) in [5.41, 5.74) is -0.492. The zero-order valence-corrected chi connectivity index (χ0v) is 15.0. The molecule has 2 atom stereocenters. The second kappa shape index (κ2) is 7.45. The predicted octanol–water partition coefficient (Wildman–Crippen LogP) is 2.89. The molecule has 2 aromatic heterocycles. The van der Waals surface area contributed by atoms with E-state index in [0.717, 1.165) is 0 Å². The average Bonchev–Trinajstić information content (AvgIpc) is 3.10. The molecule has 3 rings (SSSR count). The number of esters is 1. The first-order valence-electron chi connectivity index (χ1n) is 8.16. The van der Waals surface area contributed by atoms with Gasteiger partial charge in [-0.1, -0.05) is 0 Å². The predicted molar refractivity (Wildman–Crippen MR) is 94.4 cm³/mol. The molecule has 8 heteroatoms. The van der Waals surface area contributed by atoms with Gasteiger partial charge in [-0.2, -0.15) is 0 Å². The van der Waals surface area contributed by atoms with E-state index in [0.29, 0.717) is 30.3 Å². The van der Waals surface area contributed by atoms with Crippen molar-refractivity contribution in [3.8, 4) is 0 Å². The van der Waals surface area contributed by atoms with Gasteiger partial charge >= 0.3 is 5.97 Å². The molecule has 6 nitrogen and oxygen atoms in total. The van der Waals surface area contributed by atoms with Crippen molar-refractivity contribution in [3.05, 3.63) is 35.2 Å². The topological polar surface area (TPSA) is 76.1 Å². The van der Waals surface area contributed by atoms with Crippen molar-refractivity contribution in [2.75, 3.05) is 19.0 Å². The van der Waals surface area contributed by atoms with E-state index >= 15 is 0 Å². The second-order valence-corrected chi connectivity index (χ2v) is 7.24. The number of piperidine rings is 1. The van der Waals surface area contributed by atoms with Crippen molar-refractivity contribution in [1.82, 2.24) is 15.3 Å². The van der Waals surface area contributed by atoms with Crippen LogP contribution >= 0.6 is 11.3 Å². The molecule has 1 fully saturated rings. The number of nitrogens with zero attached hydrogens (tertiary/aromatic N) is 2. The fourth-order valence-electron chi connectivity index (χ4n) is 3.35. The highest BCUT2D eigenvalue weighted by molar-refractivity contribution is 7.13. The number of thiazole rings is 1. The van der Waals surface area contributed by atoms with Gasteiger partial charge < -0.3 is 15.4 Å². The summed E-state index contributed by atoms with van der Waals surface area (Å²) in [4.78, 5) is 21.0. The van der Waals surface area contributed by atoms with Crippen LogP contribution in [0.3, 0.4) is 0 Å². The minimum absolute atomic E-state index is 0.160. The number of rotatable bonds is 5. The van der Waals surface area contributed by atoms with E-state index in [9.17, 15) is 9.18 Å². The summed E-state index contributed by atoms with van der Waals surface area (Å²) in [6, 6.07) is 3.09. The third-order valence-electron chi connectivity index (χ3n) is 4.50. The first-order chi connectivity index (χ1) is 12.0. The number of pyridine rings is 1. The minimum atomic E-state index is -0.757. The number of hydrogen-bond donors (Lipinski definition) is 2. The Balaban J connectivity index is 1.87. The van der Waals surface area contributed by atoms with Gasteiger partial charge in [0.1, 0.15) is 11.6 Å². The molecule has 0 radical (unpaired) electrons. The van der Waals surface area contributed by atoms with E-state index in [1.807, 2.05) is 12.3 Å². The van der Waals surface area contributed by atoms with Gasteiger partial charge in [0.15, 0.2) is 5.13 Å². The maximum absolute atomic E-state index is 14.4. The molecule has 1 aliphatic rings. The Kier molecular flexibility index (Phi) is 5.29. The quantitative estimate of drug-likeness (QED) is 0.795. The van der Waals surface area contributed by atoms with E-state index in [1.165, 1.54) is 24.5 Å². The standard InChI is InChI=1S/C17H21FN4O2S/c1-11-9-17(5-6-19-11,15(23)24-2)10-13-12(18)3-4-14(21-13)22-16-20-7-8-25-16/h3-4,7-8,11,19H,5-6,9-10H2,1-2H3,(H,20,21,22). The Morgan fingerprint density at radius 2 is 2.40 bits per heavy atom. The first-order valence-corrected chi connectivity index (χ1v) is 9.04. The third-order valence-corrected chi connectivity index (χ3v) is 5.19. The molecular weight excluding hydrogens is 343 g/mol. The van der Waals surface area contributed by atoms with Crippen LogP contribution in [0, 0.1) is 11.2 Å². The van der Waals surface area contributed by atoms with Gasteiger partial charge in [-0.05, 0) is 38.4 Å². The summed E-state index contributed by atoms with van der Waals surface area (Å²) in [5.74, 6) is -0.215. The van der Waals surface area contributed by atoms with E-state index in [1.54, 1.807) is 12.3 Å². The number of carbonyl (C=O) groups is 1. The van der Waals surface area contributed by atoms with E-state index < -0.39 is 11.2 Å². The Hall–Kier alpha value is -2.06.